The summed E-state index contributed by atoms with van der Waals surface area (Å²) >= 11 is 0. The summed E-state index contributed by atoms with van der Waals surface area (Å²) in [7, 11) is 1.35. The smallest absolute Gasteiger partial charge is 0.389 e. The molecule has 0 unspecified atom stereocenters. The summed E-state index contributed by atoms with van der Waals surface area (Å²) in [5.74, 6) is -0.570. The monoisotopic (exact) mass is 142 g/mol. The number of nitrogens with zero attached hydrogens (tertiary/aromatic N) is 2. The van der Waals surface area contributed by atoms with Gasteiger partial charge >= 0.3 is 5.97 Å². The second-order valence-electron chi connectivity index (χ2n) is 1.68. The Morgan fingerprint density at radius 2 is 2.40 bits per heavy atom. The topological polar surface area (TPSA) is 60.2 Å². The van der Waals surface area contributed by atoms with Crippen LogP contribution in [0.15, 0.2) is 10.3 Å². The molecule has 0 bridgehead atoms. The standard InChI is InChI=1S/C5H6N2O3/c1-3-4(7-9-2)5(8)10-6-3/h1-2H3/b7-4+. The lowest BCUT2D eigenvalue weighted by atomic mass is 10.3. The van der Waals surface area contributed by atoms with Gasteiger partial charge in [-0.3, -0.25) is 0 Å². The third-order valence-electron chi connectivity index (χ3n) is 0.984. The van der Waals surface area contributed by atoms with Crippen LogP contribution in [-0.4, -0.2) is 24.5 Å². The fourth-order valence-electron chi connectivity index (χ4n) is 0.539. The molecule has 54 valence electrons. The third kappa shape index (κ3) is 0.975. The Hall–Kier alpha value is -1.39. The molecule has 0 aromatic rings. The average molecular weight is 142 g/mol. The molecule has 0 aromatic carbocycles. The Balaban J connectivity index is 2.84. The van der Waals surface area contributed by atoms with Crippen LogP contribution < -0.4 is 0 Å². The molecule has 0 amide bonds. The predicted molar refractivity (Wildman–Crippen MR) is 33.6 cm³/mol. The number of hydrogen-bond donors (Lipinski definition) is 0. The van der Waals surface area contributed by atoms with E-state index < -0.39 is 5.97 Å². The van der Waals surface area contributed by atoms with Crippen molar-refractivity contribution >= 4 is 17.4 Å². The Morgan fingerprint density at radius 1 is 1.70 bits per heavy atom. The highest BCUT2D eigenvalue weighted by molar-refractivity contribution is 6.66. The summed E-state index contributed by atoms with van der Waals surface area (Å²) in [4.78, 5) is 19.3. The van der Waals surface area contributed by atoms with Crippen LogP contribution in [0.5, 0.6) is 0 Å². The Morgan fingerprint density at radius 3 is 2.80 bits per heavy atom. The molecule has 1 heterocycles. The molecular formula is C5H6N2O3. The first-order valence-electron chi connectivity index (χ1n) is 2.63. The van der Waals surface area contributed by atoms with Crippen LogP contribution in [0.25, 0.3) is 0 Å². The lowest BCUT2D eigenvalue weighted by Crippen LogP contribution is -2.15. The van der Waals surface area contributed by atoms with Crippen molar-refractivity contribution in [3.63, 3.8) is 0 Å². The highest BCUT2D eigenvalue weighted by atomic mass is 16.7. The summed E-state index contributed by atoms with van der Waals surface area (Å²) in [6.07, 6.45) is 0. The first-order valence-corrected chi connectivity index (χ1v) is 2.63. The molecule has 5 nitrogen and oxygen atoms in total. The summed E-state index contributed by atoms with van der Waals surface area (Å²) in [6, 6.07) is 0. The zero-order chi connectivity index (χ0) is 7.56. The zero-order valence-corrected chi connectivity index (χ0v) is 5.62. The van der Waals surface area contributed by atoms with Gasteiger partial charge in [-0.15, -0.1) is 0 Å². The van der Waals surface area contributed by atoms with Crippen LogP contribution in [0.3, 0.4) is 0 Å². The zero-order valence-electron chi connectivity index (χ0n) is 5.62. The van der Waals surface area contributed by atoms with Crippen molar-refractivity contribution < 1.29 is 14.5 Å². The Bertz CT molecular complexity index is 219. The number of rotatable bonds is 1. The summed E-state index contributed by atoms with van der Waals surface area (Å²) in [5.41, 5.74) is 0.564. The highest BCUT2D eigenvalue weighted by Gasteiger charge is 2.24. The van der Waals surface area contributed by atoms with E-state index in [1.54, 1.807) is 6.92 Å². The van der Waals surface area contributed by atoms with Crippen molar-refractivity contribution in [1.82, 2.24) is 0 Å². The first kappa shape index (κ1) is 6.73. The van der Waals surface area contributed by atoms with Crippen molar-refractivity contribution in [2.45, 2.75) is 6.92 Å². The van der Waals surface area contributed by atoms with Gasteiger partial charge in [0, 0.05) is 0 Å². The largest absolute Gasteiger partial charge is 0.398 e. The molecule has 1 aliphatic rings. The van der Waals surface area contributed by atoms with E-state index in [2.05, 4.69) is 20.0 Å². The van der Waals surface area contributed by atoms with Crippen LogP contribution in [0.1, 0.15) is 6.92 Å². The van der Waals surface area contributed by atoms with Crippen molar-refractivity contribution in [3.8, 4) is 0 Å². The van der Waals surface area contributed by atoms with Gasteiger partial charge in [0.05, 0.1) is 0 Å². The van der Waals surface area contributed by atoms with Gasteiger partial charge in [0.25, 0.3) is 0 Å². The fourth-order valence-corrected chi connectivity index (χ4v) is 0.539. The fraction of sp³-hybridized carbons (Fsp3) is 0.400. The van der Waals surface area contributed by atoms with Gasteiger partial charge in [0.15, 0.2) is 0 Å². The van der Waals surface area contributed by atoms with E-state index in [4.69, 9.17) is 0 Å². The summed E-state index contributed by atoms with van der Waals surface area (Å²) < 4.78 is 0. The molecule has 0 radical (unpaired) electrons. The maximum atomic E-state index is 10.6. The molecular weight excluding hydrogens is 136 g/mol. The van der Waals surface area contributed by atoms with E-state index in [-0.39, 0.29) is 5.71 Å². The van der Waals surface area contributed by atoms with Gasteiger partial charge in [0.1, 0.15) is 12.8 Å². The van der Waals surface area contributed by atoms with Crippen LogP contribution in [0, 0.1) is 0 Å². The molecule has 1 aliphatic heterocycles. The molecule has 0 aliphatic carbocycles. The van der Waals surface area contributed by atoms with E-state index in [0.29, 0.717) is 5.71 Å². The maximum Gasteiger partial charge on any atom is 0.389 e. The lowest BCUT2D eigenvalue weighted by Gasteiger charge is -1.88. The van der Waals surface area contributed by atoms with Gasteiger partial charge in [-0.05, 0) is 6.92 Å². The van der Waals surface area contributed by atoms with Crippen LogP contribution in [-0.2, 0) is 14.5 Å². The predicted octanol–water partition coefficient (Wildman–Crippen LogP) is -0.0785. The lowest BCUT2D eigenvalue weighted by molar-refractivity contribution is -0.134. The van der Waals surface area contributed by atoms with E-state index >= 15 is 0 Å². The van der Waals surface area contributed by atoms with Crippen LogP contribution >= 0.6 is 0 Å². The molecule has 0 N–H and O–H groups in total. The van der Waals surface area contributed by atoms with Crippen molar-refractivity contribution in [2.24, 2.45) is 10.3 Å². The number of carbonyl (C=O) groups is 1. The Labute approximate surface area is 57.3 Å². The minimum atomic E-state index is -0.570. The van der Waals surface area contributed by atoms with Gasteiger partial charge in [-0.25, -0.2) is 4.79 Å². The van der Waals surface area contributed by atoms with Crippen molar-refractivity contribution in [1.29, 1.82) is 0 Å². The van der Waals surface area contributed by atoms with E-state index in [1.807, 2.05) is 0 Å². The molecule has 0 saturated heterocycles. The van der Waals surface area contributed by atoms with Crippen LogP contribution in [0.2, 0.25) is 0 Å². The summed E-state index contributed by atoms with van der Waals surface area (Å²) in [5, 5.41) is 6.77. The SMILES string of the molecule is CO/N=C1/C(=O)ON=C1C. The van der Waals surface area contributed by atoms with E-state index in [9.17, 15) is 4.79 Å². The van der Waals surface area contributed by atoms with E-state index in [1.165, 1.54) is 7.11 Å². The molecule has 0 spiro atoms. The third-order valence-corrected chi connectivity index (χ3v) is 0.984. The Kier molecular flexibility index (Phi) is 1.66. The molecule has 0 saturated carbocycles. The highest BCUT2D eigenvalue weighted by Crippen LogP contribution is 1.99. The second kappa shape index (κ2) is 2.47. The maximum absolute atomic E-state index is 10.6. The van der Waals surface area contributed by atoms with E-state index in [0.717, 1.165) is 0 Å². The minimum absolute atomic E-state index is 0.127. The normalized spacial score (nSPS) is 20.8. The molecule has 1 rings (SSSR count). The molecule has 10 heavy (non-hydrogen) atoms. The minimum Gasteiger partial charge on any atom is -0.398 e. The molecule has 0 atom stereocenters. The first-order chi connectivity index (χ1) is 4.75. The number of carbonyl (C=O) groups excluding carboxylic acids is 1. The van der Waals surface area contributed by atoms with Gasteiger partial charge in [-0.1, -0.05) is 10.3 Å². The van der Waals surface area contributed by atoms with Gasteiger partial charge in [0.2, 0.25) is 5.71 Å². The van der Waals surface area contributed by atoms with Crippen molar-refractivity contribution in [3.05, 3.63) is 0 Å². The molecule has 5 heteroatoms. The molecule has 0 fully saturated rings. The summed E-state index contributed by atoms with van der Waals surface area (Å²) in [6.45, 7) is 1.61. The van der Waals surface area contributed by atoms with Gasteiger partial charge < -0.3 is 9.68 Å². The number of oxime groups is 2. The van der Waals surface area contributed by atoms with Crippen molar-refractivity contribution in [2.75, 3.05) is 7.11 Å². The second-order valence-corrected chi connectivity index (χ2v) is 1.68. The average Bonchev–Trinajstić information content (AvgIpc) is 2.20. The quantitative estimate of drug-likeness (QED) is 0.380. The number of hydrogen-bond acceptors (Lipinski definition) is 5. The van der Waals surface area contributed by atoms with Crippen LogP contribution in [0.4, 0.5) is 0 Å². The van der Waals surface area contributed by atoms with Gasteiger partial charge in [-0.2, -0.15) is 0 Å². The molecule has 0 aromatic heterocycles.